The first kappa shape index (κ1) is 20.7. The summed E-state index contributed by atoms with van der Waals surface area (Å²) in [4.78, 5) is 18.2. The lowest BCUT2D eigenvalue weighted by molar-refractivity contribution is 0.0296. The third-order valence-electron chi connectivity index (χ3n) is 6.35. The van der Waals surface area contributed by atoms with E-state index in [2.05, 4.69) is 9.88 Å². The van der Waals surface area contributed by atoms with Gasteiger partial charge in [-0.2, -0.15) is 0 Å². The summed E-state index contributed by atoms with van der Waals surface area (Å²) in [6, 6.07) is 4.85. The summed E-state index contributed by atoms with van der Waals surface area (Å²) in [5, 5.41) is 0.701. The molecule has 0 atom stereocenters. The number of aromatic amines is 1. The molecule has 1 aliphatic carbocycles. The Bertz CT molecular complexity index is 832. The van der Waals surface area contributed by atoms with Crippen LogP contribution in [-0.4, -0.2) is 46.8 Å². The molecule has 0 bridgehead atoms. The van der Waals surface area contributed by atoms with Crippen molar-refractivity contribution in [3.63, 3.8) is 0 Å². The third kappa shape index (κ3) is 4.07. The van der Waals surface area contributed by atoms with Gasteiger partial charge in [-0.25, -0.2) is 4.79 Å². The highest BCUT2D eigenvalue weighted by Gasteiger charge is 2.30. The highest BCUT2D eigenvalue weighted by atomic mass is 35.5. The van der Waals surface area contributed by atoms with Gasteiger partial charge in [-0.3, -0.25) is 4.57 Å². The molecule has 2 aromatic rings. The average molecular weight is 414 g/mol. The molecule has 27 heavy (non-hydrogen) atoms. The van der Waals surface area contributed by atoms with Crippen LogP contribution in [-0.2, 0) is 4.74 Å². The molecule has 2 aliphatic rings. The van der Waals surface area contributed by atoms with Crippen molar-refractivity contribution in [1.82, 2.24) is 14.5 Å². The molecule has 1 saturated carbocycles. The van der Waals surface area contributed by atoms with E-state index >= 15 is 0 Å². The van der Waals surface area contributed by atoms with Gasteiger partial charge in [0.15, 0.2) is 0 Å². The summed E-state index contributed by atoms with van der Waals surface area (Å²) in [6.07, 6.45) is 7.30. The maximum absolute atomic E-state index is 12.5. The van der Waals surface area contributed by atoms with Gasteiger partial charge in [-0.05, 0) is 63.1 Å². The minimum Gasteiger partial charge on any atom is -0.381 e. The van der Waals surface area contributed by atoms with Crippen molar-refractivity contribution in [1.29, 1.82) is 0 Å². The number of halogens is 2. The van der Waals surface area contributed by atoms with E-state index in [1.807, 2.05) is 30.7 Å². The molecule has 0 amide bonds. The third-order valence-corrected chi connectivity index (χ3v) is 6.76. The van der Waals surface area contributed by atoms with Crippen LogP contribution in [0.5, 0.6) is 0 Å². The highest BCUT2D eigenvalue weighted by Crippen LogP contribution is 2.31. The first-order valence-electron chi connectivity index (χ1n) is 9.74. The second kappa shape index (κ2) is 8.56. The molecule has 0 spiro atoms. The molecule has 7 heteroatoms. The molecule has 0 radical (unpaired) electrons. The zero-order valence-corrected chi connectivity index (χ0v) is 17.6. The summed E-state index contributed by atoms with van der Waals surface area (Å²) < 4.78 is 7.45. The number of aromatic nitrogens is 2. The Labute approximate surface area is 171 Å². The minimum absolute atomic E-state index is 0. The van der Waals surface area contributed by atoms with E-state index in [0.717, 1.165) is 42.5 Å². The van der Waals surface area contributed by atoms with Crippen LogP contribution in [0.3, 0.4) is 0 Å². The topological polar surface area (TPSA) is 50.3 Å². The number of H-pyrrole nitrogens is 1. The summed E-state index contributed by atoms with van der Waals surface area (Å²) >= 11 is 6.21. The number of hydrogen-bond acceptors (Lipinski definition) is 3. The molecule has 4 rings (SSSR count). The Morgan fingerprint density at radius 3 is 2.37 bits per heavy atom. The van der Waals surface area contributed by atoms with Crippen molar-refractivity contribution in [2.24, 2.45) is 0 Å². The molecule has 1 aliphatic heterocycles. The first-order chi connectivity index (χ1) is 12.6. The van der Waals surface area contributed by atoms with E-state index in [9.17, 15) is 4.79 Å². The normalized spacial score (nSPS) is 24.9. The van der Waals surface area contributed by atoms with E-state index in [0.29, 0.717) is 17.2 Å². The Morgan fingerprint density at radius 1 is 1.07 bits per heavy atom. The Kier molecular flexibility index (Phi) is 6.57. The lowest BCUT2D eigenvalue weighted by Crippen LogP contribution is -2.45. The number of benzene rings is 1. The lowest BCUT2D eigenvalue weighted by atomic mass is 9.90. The zero-order valence-electron chi connectivity index (χ0n) is 16.0. The van der Waals surface area contributed by atoms with Crippen LogP contribution in [0, 0.1) is 6.92 Å². The zero-order chi connectivity index (χ0) is 18.3. The lowest BCUT2D eigenvalue weighted by Gasteiger charge is -2.40. The van der Waals surface area contributed by atoms with Crippen molar-refractivity contribution in [3.05, 3.63) is 33.2 Å². The van der Waals surface area contributed by atoms with Crippen molar-refractivity contribution < 1.29 is 4.74 Å². The number of rotatable bonds is 3. The Balaban J connectivity index is 0.00000210. The summed E-state index contributed by atoms with van der Waals surface area (Å²) in [6.45, 7) is 4.12. The molecule has 2 heterocycles. The van der Waals surface area contributed by atoms with Crippen LogP contribution >= 0.6 is 24.0 Å². The van der Waals surface area contributed by atoms with E-state index in [1.54, 1.807) is 0 Å². The van der Waals surface area contributed by atoms with Crippen molar-refractivity contribution in [2.75, 3.05) is 20.2 Å². The number of methoxy groups -OCH3 is 1. The number of piperidine rings is 1. The quantitative estimate of drug-likeness (QED) is 0.815. The number of aryl methyl sites for hydroxylation is 1. The van der Waals surface area contributed by atoms with Crippen LogP contribution in [0.1, 0.15) is 50.1 Å². The Hall–Kier alpha value is -1.01. The number of likely N-dealkylation sites (tertiary alicyclic amines) is 1. The number of hydrogen-bond donors (Lipinski definition) is 1. The number of imidazole rings is 1. The predicted octanol–water partition coefficient (Wildman–Crippen LogP) is 4.31. The van der Waals surface area contributed by atoms with Gasteiger partial charge in [0, 0.05) is 37.3 Å². The Morgan fingerprint density at radius 2 is 1.74 bits per heavy atom. The van der Waals surface area contributed by atoms with Gasteiger partial charge in [0.05, 0.1) is 17.1 Å². The maximum atomic E-state index is 12.5. The van der Waals surface area contributed by atoms with Gasteiger partial charge < -0.3 is 14.6 Å². The van der Waals surface area contributed by atoms with E-state index in [-0.39, 0.29) is 24.1 Å². The molecule has 2 fully saturated rings. The van der Waals surface area contributed by atoms with Crippen molar-refractivity contribution >= 4 is 35.0 Å². The number of nitrogens with one attached hydrogen (secondary N) is 1. The fourth-order valence-electron chi connectivity index (χ4n) is 4.77. The molecular weight excluding hydrogens is 385 g/mol. The van der Waals surface area contributed by atoms with Gasteiger partial charge in [-0.1, -0.05) is 11.6 Å². The minimum atomic E-state index is -0.0132. The molecule has 1 aromatic heterocycles. The average Bonchev–Trinajstić information content (AvgIpc) is 2.97. The molecular formula is C20H29Cl2N3O2. The van der Waals surface area contributed by atoms with Crippen LogP contribution in [0.2, 0.25) is 5.02 Å². The molecule has 1 N–H and O–H groups in total. The van der Waals surface area contributed by atoms with Gasteiger partial charge in [0.2, 0.25) is 0 Å². The van der Waals surface area contributed by atoms with Crippen LogP contribution in [0.25, 0.3) is 11.0 Å². The molecule has 1 aromatic carbocycles. The van der Waals surface area contributed by atoms with E-state index < -0.39 is 0 Å². The van der Waals surface area contributed by atoms with Crippen LogP contribution in [0.15, 0.2) is 16.9 Å². The van der Waals surface area contributed by atoms with Gasteiger partial charge in [0.25, 0.3) is 0 Å². The number of nitrogens with zero attached hydrogens (tertiary/aromatic N) is 2. The largest absolute Gasteiger partial charge is 0.381 e. The van der Waals surface area contributed by atoms with Gasteiger partial charge in [-0.15, -0.1) is 12.4 Å². The monoisotopic (exact) mass is 413 g/mol. The fourth-order valence-corrected chi connectivity index (χ4v) is 4.93. The summed E-state index contributed by atoms with van der Waals surface area (Å²) in [5.74, 6) is 0. The predicted molar refractivity (Wildman–Crippen MR) is 112 cm³/mol. The van der Waals surface area contributed by atoms with E-state index in [4.69, 9.17) is 16.3 Å². The van der Waals surface area contributed by atoms with Crippen LogP contribution in [0.4, 0.5) is 0 Å². The smallest absolute Gasteiger partial charge is 0.326 e. The molecule has 5 nitrogen and oxygen atoms in total. The molecule has 1 saturated heterocycles. The van der Waals surface area contributed by atoms with Gasteiger partial charge in [0.1, 0.15) is 0 Å². The second-order valence-corrected chi connectivity index (χ2v) is 8.26. The number of fused-ring (bicyclic) bond motifs is 1. The van der Waals surface area contributed by atoms with Crippen LogP contribution < -0.4 is 5.69 Å². The first-order valence-corrected chi connectivity index (χ1v) is 10.1. The second-order valence-electron chi connectivity index (χ2n) is 7.85. The van der Waals surface area contributed by atoms with Crippen molar-refractivity contribution in [3.8, 4) is 0 Å². The SMILES string of the molecule is CO[C@H]1CC[C@@H](N2CCC(n3c(=O)[nH]c4cc(Cl)c(C)cc43)CC2)CC1.Cl. The highest BCUT2D eigenvalue weighted by molar-refractivity contribution is 6.32. The standard InChI is InChI=1S/C20H28ClN3O2.ClH/c1-13-11-19-18(12-17(13)21)22-20(25)24(19)15-7-9-23(10-8-15)14-3-5-16(26-2)6-4-14;/h11-12,14-16H,3-10H2,1-2H3,(H,22,25);1H/t14-,16+;. The fraction of sp³-hybridized carbons (Fsp3) is 0.650. The van der Waals surface area contributed by atoms with Crippen molar-refractivity contribution in [2.45, 2.75) is 63.6 Å². The molecule has 150 valence electrons. The number of ether oxygens (including phenoxy) is 1. The summed E-state index contributed by atoms with van der Waals surface area (Å²) in [5.41, 5.74) is 2.82. The maximum Gasteiger partial charge on any atom is 0.326 e. The van der Waals surface area contributed by atoms with E-state index in [1.165, 1.54) is 25.7 Å². The van der Waals surface area contributed by atoms with Gasteiger partial charge >= 0.3 is 5.69 Å². The summed E-state index contributed by atoms with van der Waals surface area (Å²) in [7, 11) is 1.82. The molecule has 0 unspecified atom stereocenters.